The van der Waals surface area contributed by atoms with E-state index in [2.05, 4.69) is 22.8 Å². The fraction of sp³-hybridized carbons (Fsp3) is 0.381. The van der Waals surface area contributed by atoms with Crippen molar-refractivity contribution in [3.63, 3.8) is 0 Å². The maximum Gasteiger partial charge on any atom is 0.325 e. The van der Waals surface area contributed by atoms with Gasteiger partial charge in [-0.15, -0.1) is 0 Å². The van der Waals surface area contributed by atoms with Crippen LogP contribution in [-0.2, 0) is 22.6 Å². The summed E-state index contributed by atoms with van der Waals surface area (Å²) in [6, 6.07) is 12.4. The average Bonchev–Trinajstić information content (AvgIpc) is 3.29. The Morgan fingerprint density at radius 2 is 2.00 bits per heavy atom. The Morgan fingerprint density at radius 1 is 1.21 bits per heavy atom. The zero-order valence-corrected chi connectivity index (χ0v) is 15.9. The fourth-order valence-corrected chi connectivity index (χ4v) is 3.20. The molecule has 1 aromatic heterocycles. The van der Waals surface area contributed by atoms with E-state index in [0.29, 0.717) is 5.76 Å². The van der Waals surface area contributed by atoms with E-state index in [4.69, 9.17) is 4.42 Å². The van der Waals surface area contributed by atoms with Gasteiger partial charge in [-0.2, -0.15) is 0 Å². The Labute approximate surface area is 164 Å². The Bertz CT molecular complexity index is 804. The van der Waals surface area contributed by atoms with E-state index in [1.807, 2.05) is 25.1 Å². The third kappa shape index (κ3) is 5.22. The number of imide groups is 1. The molecule has 1 saturated heterocycles. The second kappa shape index (κ2) is 9.21. The summed E-state index contributed by atoms with van der Waals surface area (Å²) < 4.78 is 5.19. The number of hydrogen-bond donors (Lipinski definition) is 2. The molecule has 28 heavy (non-hydrogen) atoms. The van der Waals surface area contributed by atoms with Crippen molar-refractivity contribution in [2.45, 2.75) is 51.2 Å². The molecule has 2 aromatic rings. The Kier molecular flexibility index (Phi) is 6.47. The molecule has 0 bridgehead atoms. The highest BCUT2D eigenvalue weighted by molar-refractivity contribution is 6.04. The summed E-state index contributed by atoms with van der Waals surface area (Å²) in [7, 11) is 0. The number of amides is 4. The molecule has 2 atom stereocenters. The van der Waals surface area contributed by atoms with Gasteiger partial charge in [-0.25, -0.2) is 4.79 Å². The number of benzene rings is 1. The molecule has 3 rings (SSSR count). The number of rotatable bonds is 9. The lowest BCUT2D eigenvalue weighted by molar-refractivity contribution is -0.128. The van der Waals surface area contributed by atoms with Crippen molar-refractivity contribution < 1.29 is 18.8 Å². The number of nitrogens with zero attached hydrogens (tertiary/aromatic N) is 1. The Hall–Kier alpha value is -3.09. The standard InChI is InChI=1S/C21H25N3O4/c1-15(9-10-16-6-3-2-4-7-16)22-19(25)12-11-18-20(26)24(21(27)23-18)14-17-8-5-13-28-17/h2-8,13,15,18H,9-12,14H2,1H3,(H,22,25)(H,23,27)/t15-,18+/m0/s1. The minimum Gasteiger partial charge on any atom is -0.467 e. The summed E-state index contributed by atoms with van der Waals surface area (Å²) in [6.07, 6.45) is 3.68. The quantitative estimate of drug-likeness (QED) is 0.651. The van der Waals surface area contributed by atoms with Crippen LogP contribution in [-0.4, -0.2) is 34.8 Å². The summed E-state index contributed by atoms with van der Waals surface area (Å²) >= 11 is 0. The molecule has 1 aliphatic rings. The molecular weight excluding hydrogens is 358 g/mol. The van der Waals surface area contributed by atoms with Gasteiger partial charge in [0.15, 0.2) is 0 Å². The fourth-order valence-electron chi connectivity index (χ4n) is 3.20. The van der Waals surface area contributed by atoms with Crippen molar-refractivity contribution in [1.29, 1.82) is 0 Å². The average molecular weight is 383 g/mol. The highest BCUT2D eigenvalue weighted by Gasteiger charge is 2.38. The predicted octanol–water partition coefficient (Wildman–Crippen LogP) is 2.62. The first-order valence-corrected chi connectivity index (χ1v) is 9.50. The van der Waals surface area contributed by atoms with E-state index in [1.54, 1.807) is 12.1 Å². The first kappa shape index (κ1) is 19.7. The van der Waals surface area contributed by atoms with Crippen molar-refractivity contribution in [3.8, 4) is 0 Å². The highest BCUT2D eigenvalue weighted by Crippen LogP contribution is 2.15. The van der Waals surface area contributed by atoms with Crippen LogP contribution in [0.15, 0.2) is 53.1 Å². The molecule has 1 aromatic carbocycles. The molecule has 0 aliphatic carbocycles. The predicted molar refractivity (Wildman–Crippen MR) is 103 cm³/mol. The normalized spacial score (nSPS) is 17.5. The zero-order valence-electron chi connectivity index (χ0n) is 15.9. The molecule has 7 heteroatoms. The Morgan fingerprint density at radius 3 is 2.71 bits per heavy atom. The van der Waals surface area contributed by atoms with Crippen LogP contribution in [0.2, 0.25) is 0 Å². The molecule has 2 heterocycles. The van der Waals surface area contributed by atoms with E-state index in [9.17, 15) is 14.4 Å². The van der Waals surface area contributed by atoms with Gasteiger partial charge in [0.1, 0.15) is 11.8 Å². The number of nitrogens with one attached hydrogen (secondary N) is 2. The van der Waals surface area contributed by atoms with Crippen LogP contribution in [0.5, 0.6) is 0 Å². The van der Waals surface area contributed by atoms with Crippen LogP contribution < -0.4 is 10.6 Å². The largest absolute Gasteiger partial charge is 0.467 e. The van der Waals surface area contributed by atoms with E-state index in [1.165, 1.54) is 11.8 Å². The number of carbonyl (C=O) groups is 3. The lowest BCUT2D eigenvalue weighted by Crippen LogP contribution is -2.35. The van der Waals surface area contributed by atoms with Crippen molar-refractivity contribution in [3.05, 3.63) is 60.1 Å². The summed E-state index contributed by atoms with van der Waals surface area (Å²) in [6.45, 7) is 2.06. The maximum absolute atomic E-state index is 12.4. The third-order valence-corrected chi connectivity index (χ3v) is 4.78. The second-order valence-electron chi connectivity index (χ2n) is 7.04. The van der Waals surface area contributed by atoms with Crippen molar-refractivity contribution >= 4 is 17.8 Å². The van der Waals surface area contributed by atoms with Crippen molar-refractivity contribution in [2.75, 3.05) is 0 Å². The van der Waals surface area contributed by atoms with Crippen LogP contribution in [0, 0.1) is 0 Å². The topological polar surface area (TPSA) is 91.7 Å². The van der Waals surface area contributed by atoms with E-state index >= 15 is 0 Å². The van der Waals surface area contributed by atoms with Gasteiger partial charge in [-0.3, -0.25) is 14.5 Å². The first-order chi connectivity index (χ1) is 13.5. The molecule has 0 saturated carbocycles. The molecule has 0 radical (unpaired) electrons. The molecule has 4 amide bonds. The van der Waals surface area contributed by atoms with Crippen LogP contribution in [0.4, 0.5) is 4.79 Å². The number of furan rings is 1. The van der Waals surface area contributed by atoms with Crippen molar-refractivity contribution in [1.82, 2.24) is 15.5 Å². The van der Waals surface area contributed by atoms with Gasteiger partial charge >= 0.3 is 6.03 Å². The summed E-state index contributed by atoms with van der Waals surface area (Å²) in [5.74, 6) is 0.0903. The zero-order chi connectivity index (χ0) is 19.9. The van der Waals surface area contributed by atoms with Crippen LogP contribution in [0.1, 0.15) is 37.5 Å². The van der Waals surface area contributed by atoms with E-state index in [0.717, 1.165) is 17.7 Å². The summed E-state index contributed by atoms with van der Waals surface area (Å²) in [4.78, 5) is 37.7. The van der Waals surface area contributed by atoms with Crippen molar-refractivity contribution in [2.24, 2.45) is 0 Å². The molecule has 2 N–H and O–H groups in total. The van der Waals surface area contributed by atoms with E-state index in [-0.39, 0.29) is 37.2 Å². The molecule has 7 nitrogen and oxygen atoms in total. The number of hydrogen-bond acceptors (Lipinski definition) is 4. The van der Waals surface area contributed by atoms with E-state index < -0.39 is 12.1 Å². The summed E-state index contributed by atoms with van der Waals surface area (Å²) in [5.41, 5.74) is 1.24. The molecule has 148 valence electrons. The lowest BCUT2D eigenvalue weighted by atomic mass is 10.1. The van der Waals surface area contributed by atoms with Crippen LogP contribution in [0.25, 0.3) is 0 Å². The smallest absolute Gasteiger partial charge is 0.325 e. The first-order valence-electron chi connectivity index (χ1n) is 9.50. The lowest BCUT2D eigenvalue weighted by Gasteiger charge is -2.15. The monoisotopic (exact) mass is 383 g/mol. The second-order valence-corrected chi connectivity index (χ2v) is 7.04. The van der Waals surface area contributed by atoms with Crippen LogP contribution >= 0.6 is 0 Å². The van der Waals surface area contributed by atoms with Gasteiger partial charge in [0.25, 0.3) is 5.91 Å². The van der Waals surface area contributed by atoms with Gasteiger partial charge in [0, 0.05) is 12.5 Å². The summed E-state index contributed by atoms with van der Waals surface area (Å²) in [5, 5.41) is 5.59. The molecule has 1 aliphatic heterocycles. The molecule has 0 unspecified atom stereocenters. The Balaban J connectivity index is 1.40. The van der Waals surface area contributed by atoms with Gasteiger partial charge < -0.3 is 15.1 Å². The minimum atomic E-state index is -0.673. The van der Waals surface area contributed by atoms with Gasteiger partial charge in [-0.1, -0.05) is 30.3 Å². The highest BCUT2D eigenvalue weighted by atomic mass is 16.3. The van der Waals surface area contributed by atoms with Gasteiger partial charge in [0.05, 0.1) is 12.8 Å². The third-order valence-electron chi connectivity index (χ3n) is 4.78. The number of aryl methyl sites for hydroxylation is 1. The number of urea groups is 1. The van der Waals surface area contributed by atoms with Crippen LogP contribution in [0.3, 0.4) is 0 Å². The maximum atomic E-state index is 12.4. The van der Waals surface area contributed by atoms with Gasteiger partial charge in [0.2, 0.25) is 5.91 Å². The molecule has 0 spiro atoms. The molecular formula is C21H25N3O4. The van der Waals surface area contributed by atoms with Gasteiger partial charge in [-0.05, 0) is 43.9 Å². The number of carbonyl (C=O) groups excluding carboxylic acids is 3. The minimum absolute atomic E-state index is 0.0389. The SMILES string of the molecule is C[C@@H](CCc1ccccc1)NC(=O)CC[C@H]1NC(=O)N(Cc2ccco2)C1=O. The molecule has 1 fully saturated rings.